The predicted molar refractivity (Wildman–Crippen MR) is 171 cm³/mol. The molecule has 3 rings (SSSR count). The van der Waals surface area contributed by atoms with Gasteiger partial charge < -0.3 is 15.3 Å². The zero-order valence-electron chi connectivity index (χ0n) is 27.0. The molecular weight excluding hydrogens is 492 g/mol. The van der Waals surface area contributed by atoms with Gasteiger partial charge in [-0.05, 0) is 141 Å². The minimum absolute atomic E-state index is 0.229. The van der Waals surface area contributed by atoms with Crippen molar-refractivity contribution in [1.82, 2.24) is 0 Å². The molecule has 0 radical (unpaired) electrons. The minimum Gasteiger partial charge on any atom is -0.508 e. The second-order valence-corrected chi connectivity index (χ2v) is 14.5. The Bertz CT molecular complexity index is 1390. The third kappa shape index (κ3) is 6.09. The van der Waals surface area contributed by atoms with Crippen LogP contribution in [0, 0.1) is 20.8 Å². The van der Waals surface area contributed by atoms with Gasteiger partial charge >= 0.3 is 0 Å². The van der Waals surface area contributed by atoms with Crippen LogP contribution >= 0.6 is 0 Å². The van der Waals surface area contributed by atoms with Crippen molar-refractivity contribution in [3.63, 3.8) is 0 Å². The Morgan fingerprint density at radius 2 is 0.775 bits per heavy atom. The molecule has 3 nitrogen and oxygen atoms in total. The maximum absolute atomic E-state index is 11.0. The predicted octanol–water partition coefficient (Wildman–Crippen LogP) is 9.99. The average molecular weight is 543 g/mol. The highest BCUT2D eigenvalue weighted by Crippen LogP contribution is 2.45. The van der Waals surface area contributed by atoms with Crippen LogP contribution in [0.5, 0.6) is 17.2 Å². The van der Waals surface area contributed by atoms with Gasteiger partial charge in [0, 0.05) is 0 Å². The molecule has 3 heteroatoms. The highest BCUT2D eigenvalue weighted by molar-refractivity contribution is 6.01. The first-order chi connectivity index (χ1) is 18.2. The largest absolute Gasteiger partial charge is 0.508 e. The maximum atomic E-state index is 11.0. The summed E-state index contributed by atoms with van der Waals surface area (Å²) in [5, 5.41) is 32.9. The molecule has 0 aromatic heterocycles. The van der Waals surface area contributed by atoms with Gasteiger partial charge in [-0.1, -0.05) is 69.2 Å². The maximum Gasteiger partial charge on any atom is 0.119 e. The van der Waals surface area contributed by atoms with Crippen molar-refractivity contribution in [1.29, 1.82) is 0 Å². The summed E-state index contributed by atoms with van der Waals surface area (Å²) in [4.78, 5) is 0. The van der Waals surface area contributed by atoms with E-state index in [0.717, 1.165) is 62.1 Å². The van der Waals surface area contributed by atoms with Crippen LogP contribution in [0.4, 0.5) is 0 Å². The van der Waals surface area contributed by atoms with Gasteiger partial charge in [0.2, 0.25) is 0 Å². The number of aromatic hydroxyl groups is 3. The number of hydrogen-bond donors (Lipinski definition) is 3. The van der Waals surface area contributed by atoms with E-state index in [1.807, 2.05) is 18.2 Å². The summed E-state index contributed by atoms with van der Waals surface area (Å²) in [5.41, 5.74) is 10.5. The lowest BCUT2D eigenvalue weighted by atomic mass is 9.76. The van der Waals surface area contributed by atoms with Gasteiger partial charge in [0.25, 0.3) is 0 Å². The highest BCUT2D eigenvalue weighted by atomic mass is 16.3. The third-order valence-electron chi connectivity index (χ3n) is 7.97. The molecule has 0 spiro atoms. The van der Waals surface area contributed by atoms with Crippen LogP contribution in [-0.4, -0.2) is 15.3 Å². The molecular formula is C37H50O3. The zero-order valence-corrected chi connectivity index (χ0v) is 27.0. The Morgan fingerprint density at radius 1 is 0.500 bits per heavy atom. The fourth-order valence-electron chi connectivity index (χ4n) is 5.72. The Balaban J connectivity index is 2.63. The van der Waals surface area contributed by atoms with Crippen LogP contribution in [0.1, 0.15) is 126 Å². The van der Waals surface area contributed by atoms with Crippen LogP contribution in [-0.2, 0) is 16.2 Å². The molecule has 3 aromatic carbocycles. The Labute approximate surface area is 242 Å². The van der Waals surface area contributed by atoms with Gasteiger partial charge in [0.05, 0.1) is 0 Å². The van der Waals surface area contributed by atoms with E-state index in [1.54, 1.807) is 0 Å². The monoisotopic (exact) mass is 542 g/mol. The van der Waals surface area contributed by atoms with E-state index in [0.29, 0.717) is 17.2 Å². The molecule has 0 saturated heterocycles. The summed E-state index contributed by atoms with van der Waals surface area (Å²) in [6.07, 6.45) is 0.765. The van der Waals surface area contributed by atoms with Crippen molar-refractivity contribution < 1.29 is 15.3 Å². The number of rotatable bonds is 4. The van der Waals surface area contributed by atoms with Gasteiger partial charge in [-0.25, -0.2) is 0 Å². The Hall–Kier alpha value is -3.20. The number of phenols is 3. The summed E-state index contributed by atoms with van der Waals surface area (Å²) in [6, 6.07) is 12.1. The van der Waals surface area contributed by atoms with E-state index >= 15 is 0 Å². The first-order valence-electron chi connectivity index (χ1n) is 14.4. The number of allylic oxidation sites excluding steroid dienone is 1. The van der Waals surface area contributed by atoms with Crippen molar-refractivity contribution in [2.45, 2.75) is 113 Å². The molecule has 216 valence electrons. The highest BCUT2D eigenvalue weighted by Gasteiger charge is 2.27. The molecule has 40 heavy (non-hydrogen) atoms. The van der Waals surface area contributed by atoms with Crippen molar-refractivity contribution >= 4 is 11.1 Å². The van der Waals surface area contributed by atoms with Crippen LogP contribution in [0.2, 0.25) is 0 Å². The lowest BCUT2D eigenvalue weighted by Gasteiger charge is -2.28. The molecule has 0 fully saturated rings. The first kappa shape index (κ1) is 31.3. The van der Waals surface area contributed by atoms with E-state index < -0.39 is 0 Å². The minimum atomic E-state index is -0.252. The van der Waals surface area contributed by atoms with E-state index in [2.05, 4.69) is 108 Å². The van der Waals surface area contributed by atoms with Crippen LogP contribution in [0.3, 0.4) is 0 Å². The van der Waals surface area contributed by atoms with Gasteiger partial charge in [-0.15, -0.1) is 0 Å². The molecule has 0 atom stereocenters. The SMILES string of the molecule is CCC(=C(c1cc(C(C)(C)C)c(O)cc1C)c1cc(C(C)(C)C)c(O)cc1C)c1cc(C(C)(C)C)c(O)cc1C. The summed E-state index contributed by atoms with van der Waals surface area (Å²) in [7, 11) is 0. The molecule has 0 saturated carbocycles. The second kappa shape index (κ2) is 10.7. The molecule has 0 unspecified atom stereocenters. The molecule has 0 aliphatic carbocycles. The number of hydrogen-bond acceptors (Lipinski definition) is 3. The summed E-state index contributed by atoms with van der Waals surface area (Å²) < 4.78 is 0. The van der Waals surface area contributed by atoms with Crippen molar-refractivity contribution in [2.75, 3.05) is 0 Å². The number of benzene rings is 3. The number of aryl methyl sites for hydroxylation is 3. The standard InChI is InChI=1S/C37H50O3/c1-14-24(25-18-28(35(5,6)7)31(38)15-21(25)2)34(26-19-29(36(8,9)10)32(39)16-22(26)3)27-20-30(37(11,12)13)33(40)17-23(27)4/h15-20,38-40H,14H2,1-13H3. The third-order valence-corrected chi connectivity index (χ3v) is 7.97. The van der Waals surface area contributed by atoms with Gasteiger partial charge in [0.15, 0.2) is 0 Å². The summed E-state index contributed by atoms with van der Waals surface area (Å²) in [6.45, 7) is 27.4. The number of phenolic OH excluding ortho intramolecular Hbond substituents is 3. The average Bonchev–Trinajstić information content (AvgIpc) is 2.76. The fourth-order valence-corrected chi connectivity index (χ4v) is 5.72. The van der Waals surface area contributed by atoms with Crippen molar-refractivity contribution in [3.8, 4) is 17.2 Å². The summed E-state index contributed by atoms with van der Waals surface area (Å²) >= 11 is 0. The molecule has 3 aromatic rings. The van der Waals surface area contributed by atoms with Crippen LogP contribution in [0.25, 0.3) is 11.1 Å². The first-order valence-corrected chi connectivity index (χ1v) is 14.4. The Morgan fingerprint density at radius 3 is 1.05 bits per heavy atom. The molecule has 0 heterocycles. The molecule has 3 N–H and O–H groups in total. The van der Waals surface area contributed by atoms with Gasteiger partial charge in [-0.2, -0.15) is 0 Å². The summed E-state index contributed by atoms with van der Waals surface area (Å²) in [5.74, 6) is 0.928. The molecule has 0 aliphatic heterocycles. The quantitative estimate of drug-likeness (QED) is 0.287. The zero-order chi connectivity index (χ0) is 30.5. The van der Waals surface area contributed by atoms with Crippen LogP contribution < -0.4 is 0 Å². The lowest BCUT2D eigenvalue weighted by molar-refractivity contribution is 0.445. The van der Waals surface area contributed by atoms with Crippen molar-refractivity contribution in [3.05, 3.63) is 86.5 Å². The topological polar surface area (TPSA) is 60.7 Å². The normalized spacial score (nSPS) is 12.5. The van der Waals surface area contributed by atoms with E-state index in [4.69, 9.17) is 0 Å². The van der Waals surface area contributed by atoms with E-state index in [9.17, 15) is 15.3 Å². The Kier molecular flexibility index (Phi) is 8.34. The van der Waals surface area contributed by atoms with Crippen molar-refractivity contribution in [2.24, 2.45) is 0 Å². The molecule has 0 amide bonds. The fraction of sp³-hybridized carbons (Fsp3) is 0.459. The van der Waals surface area contributed by atoms with Gasteiger partial charge in [0.1, 0.15) is 17.2 Å². The smallest absolute Gasteiger partial charge is 0.119 e. The molecule has 0 bridgehead atoms. The van der Waals surface area contributed by atoms with Crippen LogP contribution in [0.15, 0.2) is 36.4 Å². The van der Waals surface area contributed by atoms with E-state index in [-0.39, 0.29) is 16.2 Å². The lowest BCUT2D eigenvalue weighted by Crippen LogP contribution is -2.14. The second-order valence-electron chi connectivity index (χ2n) is 14.5. The van der Waals surface area contributed by atoms with Gasteiger partial charge in [-0.3, -0.25) is 0 Å². The van der Waals surface area contributed by atoms with E-state index in [1.165, 1.54) is 5.57 Å². The molecule has 0 aliphatic rings.